The minimum absolute atomic E-state index is 0.00880. The van der Waals surface area contributed by atoms with E-state index in [1.165, 1.54) is 6.20 Å². The Morgan fingerprint density at radius 2 is 1.95 bits per heavy atom. The summed E-state index contributed by atoms with van der Waals surface area (Å²) < 4.78 is 0. The van der Waals surface area contributed by atoms with Crippen LogP contribution in [-0.4, -0.2) is 33.8 Å². The van der Waals surface area contributed by atoms with Crippen molar-refractivity contribution in [2.24, 2.45) is 5.92 Å². The molecule has 0 saturated carbocycles. The summed E-state index contributed by atoms with van der Waals surface area (Å²) >= 11 is 0. The van der Waals surface area contributed by atoms with Gasteiger partial charge in [0.15, 0.2) is 0 Å². The van der Waals surface area contributed by atoms with Crippen LogP contribution in [0.15, 0.2) is 30.5 Å². The Labute approximate surface area is 123 Å². The van der Waals surface area contributed by atoms with Gasteiger partial charge < -0.3 is 15.5 Å². The lowest BCUT2D eigenvalue weighted by atomic mass is 10.0. The maximum Gasteiger partial charge on any atom is 0.337 e. The molecule has 0 aliphatic carbocycles. The highest BCUT2D eigenvalue weighted by Gasteiger charge is 2.15. The summed E-state index contributed by atoms with van der Waals surface area (Å²) in [5, 5.41) is 23.3. The molecule has 0 radical (unpaired) electrons. The van der Waals surface area contributed by atoms with Crippen LogP contribution in [-0.2, 0) is 0 Å². The molecule has 2 aromatic rings. The third kappa shape index (κ3) is 3.49. The zero-order valence-electron chi connectivity index (χ0n) is 12.2. The van der Waals surface area contributed by atoms with Crippen molar-refractivity contribution in [3.8, 4) is 0 Å². The summed E-state index contributed by atoms with van der Waals surface area (Å²) in [5.41, 5.74) is 0.181. The Morgan fingerprint density at radius 3 is 2.52 bits per heavy atom. The average Bonchev–Trinajstić information content (AvgIpc) is 2.46. The number of fused-ring (bicyclic) bond motifs is 1. The van der Waals surface area contributed by atoms with Gasteiger partial charge in [0, 0.05) is 17.0 Å². The molecular weight excluding hydrogens is 268 g/mol. The second-order valence-corrected chi connectivity index (χ2v) is 5.52. The Kier molecular flexibility index (Phi) is 4.75. The topological polar surface area (TPSA) is 82.5 Å². The van der Waals surface area contributed by atoms with Crippen molar-refractivity contribution in [1.82, 2.24) is 4.98 Å². The third-order valence-corrected chi connectivity index (χ3v) is 3.34. The van der Waals surface area contributed by atoms with E-state index in [1.807, 2.05) is 12.1 Å². The number of hydrogen-bond donors (Lipinski definition) is 3. The van der Waals surface area contributed by atoms with E-state index < -0.39 is 5.97 Å². The van der Waals surface area contributed by atoms with Crippen LogP contribution in [0.25, 0.3) is 10.8 Å². The predicted molar refractivity (Wildman–Crippen MR) is 82.7 cm³/mol. The maximum absolute atomic E-state index is 11.2. The Morgan fingerprint density at radius 1 is 1.29 bits per heavy atom. The number of aromatic nitrogens is 1. The van der Waals surface area contributed by atoms with Crippen molar-refractivity contribution in [2.45, 2.75) is 26.3 Å². The molecule has 0 aliphatic heterocycles. The van der Waals surface area contributed by atoms with E-state index in [1.54, 1.807) is 12.1 Å². The van der Waals surface area contributed by atoms with Crippen LogP contribution in [0.3, 0.4) is 0 Å². The minimum Gasteiger partial charge on any atom is -0.478 e. The van der Waals surface area contributed by atoms with Crippen LogP contribution in [0.2, 0.25) is 0 Å². The van der Waals surface area contributed by atoms with Gasteiger partial charge in [0.25, 0.3) is 0 Å². The highest BCUT2D eigenvalue weighted by molar-refractivity contribution is 6.06. The molecule has 0 bridgehead atoms. The molecule has 1 atom stereocenters. The van der Waals surface area contributed by atoms with Gasteiger partial charge in [-0.15, -0.1) is 0 Å². The van der Waals surface area contributed by atoms with Crippen LogP contribution < -0.4 is 5.32 Å². The number of rotatable bonds is 6. The number of nitrogens with zero attached hydrogens (tertiary/aromatic N) is 1. The van der Waals surface area contributed by atoms with Crippen molar-refractivity contribution in [3.63, 3.8) is 0 Å². The summed E-state index contributed by atoms with van der Waals surface area (Å²) in [7, 11) is 0. The number of nitrogens with one attached hydrogen (secondary N) is 1. The third-order valence-electron chi connectivity index (χ3n) is 3.34. The summed E-state index contributed by atoms with van der Waals surface area (Å²) in [5.74, 6) is 0.0562. The van der Waals surface area contributed by atoms with Crippen molar-refractivity contribution >= 4 is 22.6 Å². The largest absolute Gasteiger partial charge is 0.478 e. The Bertz CT molecular complexity index is 640. The summed E-state index contributed by atoms with van der Waals surface area (Å²) in [6.45, 7) is 4.18. The van der Waals surface area contributed by atoms with Gasteiger partial charge in [0.1, 0.15) is 5.82 Å². The number of pyridine rings is 1. The van der Waals surface area contributed by atoms with E-state index >= 15 is 0 Å². The van der Waals surface area contributed by atoms with Crippen LogP contribution in [0.1, 0.15) is 30.6 Å². The van der Waals surface area contributed by atoms with Gasteiger partial charge in [-0.25, -0.2) is 9.78 Å². The van der Waals surface area contributed by atoms with Gasteiger partial charge in [0.05, 0.1) is 18.2 Å². The maximum atomic E-state index is 11.2. The van der Waals surface area contributed by atoms with Gasteiger partial charge in [-0.2, -0.15) is 0 Å². The molecule has 1 aromatic carbocycles. The number of hydrogen-bond acceptors (Lipinski definition) is 4. The van der Waals surface area contributed by atoms with Crippen LogP contribution in [0, 0.1) is 5.92 Å². The van der Waals surface area contributed by atoms with Crippen molar-refractivity contribution in [2.75, 3.05) is 11.9 Å². The molecule has 5 heteroatoms. The number of aromatic carboxylic acids is 1. The lowest BCUT2D eigenvalue weighted by Crippen LogP contribution is -2.26. The molecule has 0 amide bonds. The normalized spacial score (nSPS) is 12.6. The fourth-order valence-corrected chi connectivity index (χ4v) is 2.42. The molecule has 5 nitrogen and oxygen atoms in total. The predicted octanol–water partition coefficient (Wildman–Crippen LogP) is 2.75. The average molecular weight is 288 g/mol. The van der Waals surface area contributed by atoms with E-state index in [4.69, 9.17) is 0 Å². The Balaban J connectivity index is 2.41. The second-order valence-electron chi connectivity index (χ2n) is 5.52. The summed E-state index contributed by atoms with van der Waals surface area (Å²) in [4.78, 5) is 15.5. The SMILES string of the molecule is CC(C)CC(CO)Nc1ncc(C(=O)O)c2ccccc12. The first kappa shape index (κ1) is 15.3. The molecule has 1 aromatic heterocycles. The molecule has 0 saturated heterocycles. The molecule has 0 aliphatic rings. The van der Waals surface area contributed by atoms with Crippen molar-refractivity contribution < 1.29 is 15.0 Å². The van der Waals surface area contributed by atoms with E-state index in [-0.39, 0.29) is 18.2 Å². The first-order valence-electron chi connectivity index (χ1n) is 7.01. The van der Waals surface area contributed by atoms with Gasteiger partial charge >= 0.3 is 5.97 Å². The number of carboxylic acids is 1. The molecule has 3 N–H and O–H groups in total. The lowest BCUT2D eigenvalue weighted by Gasteiger charge is -2.20. The summed E-state index contributed by atoms with van der Waals surface area (Å²) in [6.07, 6.45) is 2.17. The molecular formula is C16H20N2O3. The van der Waals surface area contributed by atoms with E-state index in [0.29, 0.717) is 17.1 Å². The zero-order chi connectivity index (χ0) is 15.4. The number of benzene rings is 1. The van der Waals surface area contributed by atoms with Crippen molar-refractivity contribution in [3.05, 3.63) is 36.0 Å². The van der Waals surface area contributed by atoms with E-state index in [0.717, 1.165) is 11.8 Å². The molecule has 0 fully saturated rings. The van der Waals surface area contributed by atoms with Crippen molar-refractivity contribution in [1.29, 1.82) is 0 Å². The molecule has 21 heavy (non-hydrogen) atoms. The first-order chi connectivity index (χ1) is 10.0. The lowest BCUT2D eigenvalue weighted by molar-refractivity contribution is 0.0698. The number of aliphatic hydroxyl groups is 1. The van der Waals surface area contributed by atoms with E-state index in [2.05, 4.69) is 24.1 Å². The summed E-state index contributed by atoms with van der Waals surface area (Å²) in [6, 6.07) is 7.15. The monoisotopic (exact) mass is 288 g/mol. The second kappa shape index (κ2) is 6.54. The first-order valence-corrected chi connectivity index (χ1v) is 7.01. The highest BCUT2D eigenvalue weighted by Crippen LogP contribution is 2.25. The Hall–Kier alpha value is -2.14. The number of carbonyl (C=O) groups is 1. The molecule has 0 spiro atoms. The standard InChI is InChI=1S/C16H20N2O3/c1-10(2)7-11(9-19)18-15-13-6-4-3-5-12(13)14(8-17-15)16(20)21/h3-6,8,10-11,19H,7,9H2,1-2H3,(H,17,18)(H,20,21). The zero-order valence-corrected chi connectivity index (χ0v) is 12.2. The van der Waals surface area contributed by atoms with E-state index in [9.17, 15) is 15.0 Å². The van der Waals surface area contributed by atoms with Gasteiger partial charge in [0.2, 0.25) is 0 Å². The minimum atomic E-state index is -0.994. The van der Waals surface area contributed by atoms with Gasteiger partial charge in [-0.3, -0.25) is 0 Å². The highest BCUT2D eigenvalue weighted by atomic mass is 16.4. The molecule has 2 rings (SSSR count). The molecule has 1 heterocycles. The van der Waals surface area contributed by atoms with Gasteiger partial charge in [-0.1, -0.05) is 38.1 Å². The van der Waals surface area contributed by atoms with Crippen LogP contribution >= 0.6 is 0 Å². The van der Waals surface area contributed by atoms with Gasteiger partial charge in [-0.05, 0) is 12.3 Å². The number of anilines is 1. The molecule has 112 valence electrons. The molecule has 1 unspecified atom stereocenters. The smallest absolute Gasteiger partial charge is 0.337 e. The number of aliphatic hydroxyl groups excluding tert-OH is 1. The van der Waals surface area contributed by atoms with Crippen LogP contribution in [0.4, 0.5) is 5.82 Å². The quantitative estimate of drug-likeness (QED) is 0.761. The fraction of sp³-hybridized carbons (Fsp3) is 0.375. The number of carboxylic acid groups (broad SMARTS) is 1. The van der Waals surface area contributed by atoms with Crippen LogP contribution in [0.5, 0.6) is 0 Å². The fourth-order valence-electron chi connectivity index (χ4n) is 2.42.